The first-order valence-electron chi connectivity index (χ1n) is 23.2. The highest BCUT2D eigenvalue weighted by atomic mass is 16.5. The van der Waals surface area contributed by atoms with Crippen LogP contribution < -0.4 is 5.32 Å². The Labute approximate surface area is 323 Å². The average Bonchev–Trinajstić information content (AvgIpc) is 3.13. The zero-order valence-corrected chi connectivity index (χ0v) is 34.9. The van der Waals surface area contributed by atoms with E-state index in [-0.39, 0.29) is 24.5 Å². The van der Waals surface area contributed by atoms with Gasteiger partial charge in [0.15, 0.2) is 0 Å². The lowest BCUT2D eigenvalue weighted by Gasteiger charge is -2.18. The third-order valence-electron chi connectivity index (χ3n) is 10.8. The number of unbranched alkanes of at least 4 members (excludes halogenated alkanes) is 32. The summed E-state index contributed by atoms with van der Waals surface area (Å²) in [4.78, 5) is 34.9. The van der Waals surface area contributed by atoms with Crippen molar-refractivity contribution < 1.29 is 24.2 Å². The van der Waals surface area contributed by atoms with E-state index in [4.69, 9.17) is 9.84 Å². The number of rotatable bonds is 43. The van der Waals surface area contributed by atoms with Gasteiger partial charge in [-0.25, -0.2) is 0 Å². The van der Waals surface area contributed by atoms with Crippen LogP contribution in [0.25, 0.3) is 0 Å². The number of hydrogen-bond donors (Lipinski definition) is 2. The van der Waals surface area contributed by atoms with Crippen molar-refractivity contribution in [1.82, 2.24) is 5.32 Å². The Morgan fingerprint density at radius 1 is 0.423 bits per heavy atom. The van der Waals surface area contributed by atoms with Crippen molar-refractivity contribution in [2.45, 2.75) is 270 Å². The molecule has 0 saturated heterocycles. The molecule has 1 amide bonds. The fourth-order valence-corrected chi connectivity index (χ4v) is 7.34. The predicted octanol–water partition coefficient (Wildman–Crippen LogP) is 14.4. The van der Waals surface area contributed by atoms with Crippen molar-refractivity contribution in [3.63, 3.8) is 0 Å². The second-order valence-electron chi connectivity index (χ2n) is 16.0. The van der Waals surface area contributed by atoms with Gasteiger partial charge in [0.25, 0.3) is 0 Å². The number of nitrogens with one attached hydrogen (secondary N) is 1. The van der Waals surface area contributed by atoms with Crippen molar-refractivity contribution in [2.75, 3.05) is 6.54 Å². The second-order valence-corrected chi connectivity index (χ2v) is 16.0. The number of ether oxygens (including phenoxy) is 1. The van der Waals surface area contributed by atoms with Gasteiger partial charge in [0.1, 0.15) is 12.6 Å². The van der Waals surface area contributed by atoms with Crippen LogP contribution in [0.4, 0.5) is 0 Å². The van der Waals surface area contributed by atoms with Gasteiger partial charge >= 0.3 is 11.9 Å². The molecule has 6 nitrogen and oxygen atoms in total. The highest BCUT2D eigenvalue weighted by Crippen LogP contribution is 2.19. The van der Waals surface area contributed by atoms with Crippen molar-refractivity contribution >= 4 is 17.8 Å². The van der Waals surface area contributed by atoms with E-state index in [9.17, 15) is 14.4 Å². The van der Waals surface area contributed by atoms with Gasteiger partial charge in [-0.1, -0.05) is 213 Å². The summed E-state index contributed by atoms with van der Waals surface area (Å²) in [6, 6.07) is 0. The highest BCUT2D eigenvalue weighted by molar-refractivity contribution is 5.80. The predicted molar refractivity (Wildman–Crippen MR) is 222 cm³/mol. The highest BCUT2D eigenvalue weighted by Gasteiger charge is 2.14. The maximum absolute atomic E-state index is 12.7. The molecule has 6 heteroatoms. The summed E-state index contributed by atoms with van der Waals surface area (Å²) < 4.78 is 6.01. The zero-order chi connectivity index (χ0) is 38.0. The number of esters is 1. The Kier molecular flexibility index (Phi) is 40.9. The Bertz CT molecular complexity index is 772. The summed E-state index contributed by atoms with van der Waals surface area (Å²) in [6.07, 6.45) is 48.3. The third-order valence-corrected chi connectivity index (χ3v) is 10.8. The maximum atomic E-state index is 12.7. The molecule has 0 aliphatic rings. The standard InChI is InChI=1S/C46H89NO5/c1-3-5-7-9-11-12-13-14-15-16-17-18-19-20-21-22-23-24-25-26-28-33-37-41-46(51)52-43(38-34-30-27-10-8-6-4-2)39-35-31-29-32-36-40-44(48)47-42-45(49)50/h43H,3-42H2,1-2H3,(H,47,48)(H,49,50). The van der Waals surface area contributed by atoms with E-state index >= 15 is 0 Å². The number of carboxylic acids is 1. The number of carbonyl (C=O) groups is 3. The van der Waals surface area contributed by atoms with E-state index in [1.165, 1.54) is 173 Å². The van der Waals surface area contributed by atoms with Crippen molar-refractivity contribution in [1.29, 1.82) is 0 Å². The molecule has 0 fully saturated rings. The molecule has 1 atom stereocenters. The molecule has 0 aliphatic carbocycles. The number of carboxylic acid groups (broad SMARTS) is 1. The van der Waals surface area contributed by atoms with E-state index in [1.807, 2.05) is 0 Å². The number of carbonyl (C=O) groups excluding carboxylic acids is 2. The molecule has 0 aliphatic heterocycles. The number of hydrogen-bond acceptors (Lipinski definition) is 4. The Balaban J connectivity index is 3.81. The quantitative estimate of drug-likeness (QED) is 0.0480. The Morgan fingerprint density at radius 2 is 0.712 bits per heavy atom. The zero-order valence-electron chi connectivity index (χ0n) is 34.9. The molecule has 0 bridgehead atoms. The first-order valence-corrected chi connectivity index (χ1v) is 23.2. The molecule has 1 unspecified atom stereocenters. The first kappa shape index (κ1) is 50.4. The van der Waals surface area contributed by atoms with E-state index in [2.05, 4.69) is 19.2 Å². The van der Waals surface area contributed by atoms with Crippen molar-refractivity contribution in [2.24, 2.45) is 0 Å². The molecule has 0 aromatic rings. The smallest absolute Gasteiger partial charge is 0.322 e. The SMILES string of the molecule is CCCCCCCCCCCCCCCCCCCCCCCCCC(=O)OC(CCCCCCCCC)CCCCCCCC(=O)NCC(=O)O. The monoisotopic (exact) mass is 736 g/mol. The molecule has 2 N–H and O–H groups in total. The fraction of sp³-hybridized carbons (Fsp3) is 0.935. The van der Waals surface area contributed by atoms with Gasteiger partial charge in [0, 0.05) is 12.8 Å². The molecule has 308 valence electrons. The fourth-order valence-electron chi connectivity index (χ4n) is 7.34. The lowest BCUT2D eigenvalue weighted by molar-refractivity contribution is -0.150. The number of amides is 1. The third kappa shape index (κ3) is 41.2. The number of aliphatic carboxylic acids is 1. The summed E-state index contributed by atoms with van der Waals surface area (Å²) >= 11 is 0. The maximum Gasteiger partial charge on any atom is 0.322 e. The molecule has 52 heavy (non-hydrogen) atoms. The van der Waals surface area contributed by atoms with Crippen LogP contribution in [-0.2, 0) is 19.1 Å². The van der Waals surface area contributed by atoms with Crippen LogP contribution >= 0.6 is 0 Å². The second kappa shape index (κ2) is 42.2. The van der Waals surface area contributed by atoms with Crippen LogP contribution in [0.5, 0.6) is 0 Å². The molecule has 0 aromatic carbocycles. The summed E-state index contributed by atoms with van der Waals surface area (Å²) in [5.41, 5.74) is 0. The summed E-state index contributed by atoms with van der Waals surface area (Å²) in [7, 11) is 0. The first-order chi connectivity index (χ1) is 25.5. The van der Waals surface area contributed by atoms with Gasteiger partial charge in [-0.3, -0.25) is 14.4 Å². The van der Waals surface area contributed by atoms with E-state index in [0.29, 0.717) is 12.8 Å². The molecular weight excluding hydrogens is 647 g/mol. The summed E-state index contributed by atoms with van der Waals surface area (Å²) in [5.74, 6) is -1.21. The normalized spacial score (nSPS) is 11.9. The minimum Gasteiger partial charge on any atom is -0.480 e. The topological polar surface area (TPSA) is 92.7 Å². The molecule has 0 spiro atoms. The van der Waals surface area contributed by atoms with Gasteiger partial charge in [0.05, 0.1) is 0 Å². The van der Waals surface area contributed by atoms with Crippen LogP contribution in [0.3, 0.4) is 0 Å². The molecule has 0 heterocycles. The van der Waals surface area contributed by atoms with Gasteiger partial charge in [-0.2, -0.15) is 0 Å². The molecular formula is C46H89NO5. The molecule has 0 aromatic heterocycles. The van der Waals surface area contributed by atoms with Gasteiger partial charge in [-0.15, -0.1) is 0 Å². The molecule has 0 rings (SSSR count). The minimum absolute atomic E-state index is 0.0104. The lowest BCUT2D eigenvalue weighted by Crippen LogP contribution is -2.28. The molecule has 0 saturated carbocycles. The Hall–Kier alpha value is -1.59. The van der Waals surface area contributed by atoms with Crippen molar-refractivity contribution in [3.05, 3.63) is 0 Å². The van der Waals surface area contributed by atoms with Crippen molar-refractivity contribution in [3.8, 4) is 0 Å². The summed E-state index contributed by atoms with van der Waals surface area (Å²) in [6.45, 7) is 4.24. The summed E-state index contributed by atoms with van der Waals surface area (Å²) in [5, 5.41) is 11.1. The minimum atomic E-state index is -1.01. The van der Waals surface area contributed by atoms with E-state index < -0.39 is 5.97 Å². The van der Waals surface area contributed by atoms with Gasteiger partial charge in [-0.05, 0) is 38.5 Å². The van der Waals surface area contributed by atoms with Gasteiger partial charge in [0.2, 0.25) is 5.91 Å². The van der Waals surface area contributed by atoms with Crippen LogP contribution in [-0.4, -0.2) is 35.6 Å². The van der Waals surface area contributed by atoms with Crippen LogP contribution in [0.1, 0.15) is 264 Å². The van der Waals surface area contributed by atoms with E-state index in [1.54, 1.807) is 0 Å². The van der Waals surface area contributed by atoms with Crippen LogP contribution in [0, 0.1) is 0 Å². The lowest BCUT2D eigenvalue weighted by atomic mass is 10.0. The van der Waals surface area contributed by atoms with E-state index in [0.717, 1.165) is 64.2 Å². The van der Waals surface area contributed by atoms with Crippen LogP contribution in [0.2, 0.25) is 0 Å². The largest absolute Gasteiger partial charge is 0.480 e. The molecule has 0 radical (unpaired) electrons. The van der Waals surface area contributed by atoms with Gasteiger partial charge < -0.3 is 15.2 Å². The average molecular weight is 736 g/mol. The van der Waals surface area contributed by atoms with Crippen LogP contribution in [0.15, 0.2) is 0 Å². The Morgan fingerprint density at radius 3 is 1.04 bits per heavy atom.